The number of hydrogen-bond donors (Lipinski definition) is 0. The molecule has 3 aromatic rings. The van der Waals surface area contributed by atoms with Crippen LogP contribution in [0.2, 0.25) is 5.02 Å². The number of hydrogen-bond acceptors (Lipinski definition) is 3. The highest BCUT2D eigenvalue weighted by atomic mass is 35.5. The zero-order chi connectivity index (χ0) is 26.4. The van der Waals surface area contributed by atoms with Crippen LogP contribution in [0.15, 0.2) is 77.2 Å². The van der Waals surface area contributed by atoms with E-state index in [1.165, 1.54) is 37.7 Å². The zero-order valence-electron chi connectivity index (χ0n) is 22.0. The molecule has 0 radical (unpaired) electrons. The fourth-order valence-corrected chi connectivity index (χ4v) is 6.48. The van der Waals surface area contributed by atoms with Crippen molar-refractivity contribution in [2.45, 2.75) is 82.4 Å². The van der Waals surface area contributed by atoms with Gasteiger partial charge in [0.2, 0.25) is 0 Å². The molecule has 2 unspecified atom stereocenters. The molecule has 37 heavy (non-hydrogen) atoms. The van der Waals surface area contributed by atoms with Crippen molar-refractivity contribution < 1.29 is 12.6 Å². The monoisotopic (exact) mass is 536 g/mol. The molecule has 3 aromatic carbocycles. The number of fused-ring (bicyclic) bond motifs is 1. The highest BCUT2D eigenvalue weighted by Crippen LogP contribution is 2.48. The smallest absolute Gasteiger partial charge is 0.339 e. The largest absolute Gasteiger partial charge is 0.379 e. The normalized spacial score (nSPS) is 15.8. The standard InChI is InChI=1S/C32H37ClO3S/c1-4-5-6-7-8-9-13-29-30(24(3)28-12-10-11-14-32(28)33)21-25-17-18-26(22-31(25)29)36-37(34,35)27-19-15-23(2)16-20-27/h10-12,14-22,24,29H,4-9,13H2,1-3H3. The van der Waals surface area contributed by atoms with Gasteiger partial charge in [-0.25, -0.2) is 0 Å². The zero-order valence-corrected chi connectivity index (χ0v) is 23.6. The van der Waals surface area contributed by atoms with E-state index in [0.29, 0.717) is 5.75 Å². The van der Waals surface area contributed by atoms with Crippen LogP contribution in [0.1, 0.15) is 92.9 Å². The summed E-state index contributed by atoms with van der Waals surface area (Å²) in [6, 6.07) is 20.4. The van der Waals surface area contributed by atoms with Crippen LogP contribution in [-0.2, 0) is 10.1 Å². The lowest BCUT2D eigenvalue weighted by atomic mass is 9.81. The number of benzene rings is 3. The lowest BCUT2D eigenvalue weighted by Gasteiger charge is -2.23. The SMILES string of the molecule is CCCCCCCCC1C(C(C)c2ccccc2Cl)=Cc2ccc(OS(=O)(=O)c3ccc(C)cc3)cc21. The Morgan fingerprint density at radius 3 is 2.35 bits per heavy atom. The van der Waals surface area contributed by atoms with E-state index in [2.05, 4.69) is 26.0 Å². The van der Waals surface area contributed by atoms with E-state index in [9.17, 15) is 8.42 Å². The molecule has 0 aliphatic heterocycles. The van der Waals surface area contributed by atoms with Gasteiger partial charge in [0.05, 0.1) is 0 Å². The summed E-state index contributed by atoms with van der Waals surface area (Å²) in [6.45, 7) is 6.38. The maximum atomic E-state index is 12.9. The summed E-state index contributed by atoms with van der Waals surface area (Å²) in [5.74, 6) is 0.720. The third-order valence-corrected chi connectivity index (χ3v) is 9.00. The number of halogens is 1. The molecule has 3 nitrogen and oxygen atoms in total. The van der Waals surface area contributed by atoms with Gasteiger partial charge in [0.25, 0.3) is 0 Å². The fraction of sp³-hybridized carbons (Fsp3) is 0.375. The van der Waals surface area contributed by atoms with Crippen LogP contribution in [0.4, 0.5) is 0 Å². The quantitative estimate of drug-likeness (QED) is 0.171. The van der Waals surface area contributed by atoms with E-state index in [-0.39, 0.29) is 16.7 Å². The minimum absolute atomic E-state index is 0.159. The van der Waals surface area contributed by atoms with Gasteiger partial charge in [0, 0.05) is 16.9 Å². The molecule has 0 amide bonds. The minimum Gasteiger partial charge on any atom is -0.379 e. The Kier molecular flexibility index (Phi) is 9.15. The first-order valence-electron chi connectivity index (χ1n) is 13.4. The first kappa shape index (κ1) is 27.5. The van der Waals surface area contributed by atoms with Crippen molar-refractivity contribution in [1.29, 1.82) is 0 Å². The topological polar surface area (TPSA) is 43.4 Å². The molecule has 0 spiro atoms. The van der Waals surface area contributed by atoms with Gasteiger partial charge in [0.1, 0.15) is 10.6 Å². The molecule has 1 aliphatic carbocycles. The Labute approximate surface area is 227 Å². The van der Waals surface area contributed by atoms with E-state index in [0.717, 1.165) is 40.1 Å². The van der Waals surface area contributed by atoms with Crippen LogP contribution in [0.5, 0.6) is 5.75 Å². The molecule has 0 saturated heterocycles. The highest BCUT2D eigenvalue weighted by molar-refractivity contribution is 7.87. The Morgan fingerprint density at radius 1 is 0.919 bits per heavy atom. The summed E-state index contributed by atoms with van der Waals surface area (Å²) in [6.07, 6.45) is 10.7. The number of rotatable bonds is 12. The van der Waals surface area contributed by atoms with Crippen LogP contribution in [0, 0.1) is 6.92 Å². The van der Waals surface area contributed by atoms with E-state index in [1.54, 1.807) is 30.3 Å². The highest BCUT2D eigenvalue weighted by Gasteiger charge is 2.30. The van der Waals surface area contributed by atoms with Crippen molar-refractivity contribution in [2.75, 3.05) is 0 Å². The maximum absolute atomic E-state index is 12.9. The Balaban J connectivity index is 1.59. The number of allylic oxidation sites excluding steroid dienone is 1. The second kappa shape index (κ2) is 12.3. The predicted molar refractivity (Wildman–Crippen MR) is 154 cm³/mol. The molecule has 1 aliphatic rings. The third-order valence-electron chi connectivity index (χ3n) is 7.39. The Hall–Kier alpha value is -2.56. The molecule has 196 valence electrons. The summed E-state index contributed by atoms with van der Waals surface area (Å²) in [5, 5.41) is 0.776. The Morgan fingerprint density at radius 2 is 1.62 bits per heavy atom. The van der Waals surface area contributed by atoms with Crippen molar-refractivity contribution in [3.05, 3.63) is 99.6 Å². The lowest BCUT2D eigenvalue weighted by molar-refractivity contribution is 0.485. The summed E-state index contributed by atoms with van der Waals surface area (Å²) >= 11 is 6.58. The molecular formula is C32H37ClO3S. The Bertz CT molecular complexity index is 1340. The van der Waals surface area contributed by atoms with Crippen molar-refractivity contribution in [2.24, 2.45) is 0 Å². The summed E-state index contributed by atoms with van der Waals surface area (Å²) < 4.78 is 31.5. The maximum Gasteiger partial charge on any atom is 0.339 e. The molecule has 0 N–H and O–H groups in total. The second-order valence-corrected chi connectivity index (χ2v) is 12.1. The predicted octanol–water partition coefficient (Wildman–Crippen LogP) is 9.45. The molecular weight excluding hydrogens is 500 g/mol. The summed E-state index contributed by atoms with van der Waals surface area (Å²) in [4.78, 5) is 0.161. The van der Waals surface area contributed by atoms with Crippen LogP contribution in [-0.4, -0.2) is 8.42 Å². The van der Waals surface area contributed by atoms with Gasteiger partial charge in [-0.2, -0.15) is 8.42 Å². The first-order chi connectivity index (χ1) is 17.8. The minimum atomic E-state index is -3.91. The fourth-order valence-electron chi connectivity index (χ4n) is 5.26. The molecule has 4 rings (SSSR count). The van der Waals surface area contributed by atoms with Gasteiger partial charge < -0.3 is 4.18 Å². The van der Waals surface area contributed by atoms with Crippen LogP contribution in [0.3, 0.4) is 0 Å². The molecule has 0 fully saturated rings. The van der Waals surface area contributed by atoms with Gasteiger partial charge in [-0.1, -0.05) is 118 Å². The van der Waals surface area contributed by atoms with Crippen LogP contribution < -0.4 is 4.18 Å². The summed E-state index contributed by atoms with van der Waals surface area (Å²) in [7, 11) is -3.91. The molecule has 0 aromatic heterocycles. The van der Waals surface area contributed by atoms with E-state index >= 15 is 0 Å². The third kappa shape index (κ3) is 6.66. The lowest BCUT2D eigenvalue weighted by Crippen LogP contribution is -2.10. The van der Waals surface area contributed by atoms with E-state index in [4.69, 9.17) is 15.8 Å². The van der Waals surface area contributed by atoms with Crippen LogP contribution >= 0.6 is 11.6 Å². The van der Waals surface area contributed by atoms with E-state index in [1.807, 2.05) is 37.3 Å². The second-order valence-electron chi connectivity index (χ2n) is 10.1. The van der Waals surface area contributed by atoms with Crippen molar-refractivity contribution >= 4 is 27.8 Å². The van der Waals surface area contributed by atoms with Crippen LogP contribution in [0.25, 0.3) is 6.08 Å². The molecule has 0 bridgehead atoms. The average molecular weight is 537 g/mol. The molecule has 5 heteroatoms. The van der Waals surface area contributed by atoms with Crippen molar-refractivity contribution in [3.63, 3.8) is 0 Å². The summed E-state index contributed by atoms with van der Waals surface area (Å²) in [5.41, 5.74) is 5.72. The molecule has 2 atom stereocenters. The van der Waals surface area contributed by atoms with Gasteiger partial charge in [-0.3, -0.25) is 0 Å². The number of unbranched alkanes of at least 4 members (excludes halogenated alkanes) is 5. The van der Waals surface area contributed by atoms with Gasteiger partial charge in [0.15, 0.2) is 0 Å². The molecule has 0 heterocycles. The van der Waals surface area contributed by atoms with E-state index < -0.39 is 10.1 Å². The van der Waals surface area contributed by atoms with Crippen molar-refractivity contribution in [3.8, 4) is 5.75 Å². The molecule has 0 saturated carbocycles. The first-order valence-corrected chi connectivity index (χ1v) is 15.2. The van der Waals surface area contributed by atoms with Gasteiger partial charge in [-0.15, -0.1) is 0 Å². The number of aryl methyl sites for hydroxylation is 1. The van der Waals surface area contributed by atoms with Crippen molar-refractivity contribution in [1.82, 2.24) is 0 Å². The average Bonchev–Trinajstić information content (AvgIpc) is 3.24. The van der Waals surface area contributed by atoms with Gasteiger partial charge >= 0.3 is 10.1 Å². The van der Waals surface area contributed by atoms with Gasteiger partial charge in [-0.05, 0) is 60.4 Å².